The Labute approximate surface area is 102 Å². The van der Waals surface area contributed by atoms with E-state index in [0.717, 1.165) is 6.42 Å². The van der Waals surface area contributed by atoms with Crippen LogP contribution in [0.1, 0.15) is 46.0 Å². The smallest absolute Gasteiger partial charge is 0.323 e. The molecule has 0 radical (unpaired) electrons. The number of carbonyl (C=O) groups excluding carboxylic acids is 1. The van der Waals surface area contributed by atoms with Crippen LogP contribution in [0, 0.1) is 0 Å². The Morgan fingerprint density at radius 1 is 1.24 bits per heavy atom. The predicted octanol–water partition coefficient (Wildman–Crippen LogP) is 2.23. The average molecular weight is 247 g/mol. The lowest BCUT2D eigenvalue weighted by molar-refractivity contribution is -0.144. The third kappa shape index (κ3) is 7.71. The predicted molar refractivity (Wildman–Crippen MR) is 63.5 cm³/mol. The number of aliphatic carboxylic acids is 1. The first kappa shape index (κ1) is 15.9. The van der Waals surface area contributed by atoms with Crippen LogP contribution < -0.4 is 0 Å². The van der Waals surface area contributed by atoms with Crippen LogP contribution in [0.3, 0.4) is 0 Å². The lowest BCUT2D eigenvalue weighted by atomic mass is 10.1. The topological polar surface area (TPSA) is 57.6 Å². The lowest BCUT2D eigenvalue weighted by Crippen LogP contribution is -2.36. The van der Waals surface area contributed by atoms with E-state index >= 15 is 0 Å². The van der Waals surface area contributed by atoms with Crippen molar-refractivity contribution in [2.75, 3.05) is 13.1 Å². The Kier molecular flexibility index (Phi) is 8.36. The van der Waals surface area contributed by atoms with Crippen molar-refractivity contribution in [1.29, 1.82) is 0 Å². The van der Waals surface area contributed by atoms with Gasteiger partial charge in [-0.3, -0.25) is 9.59 Å². The highest BCUT2D eigenvalue weighted by atomic mass is 19.1. The number of rotatable bonds is 9. The molecule has 0 saturated carbocycles. The number of halogens is 1. The molecule has 0 aromatic carbocycles. The molecular weight excluding hydrogens is 225 g/mol. The summed E-state index contributed by atoms with van der Waals surface area (Å²) in [6.07, 6.45) is 1.23. The van der Waals surface area contributed by atoms with Crippen molar-refractivity contribution in [2.45, 2.75) is 52.1 Å². The monoisotopic (exact) mass is 247 g/mol. The van der Waals surface area contributed by atoms with Gasteiger partial charge >= 0.3 is 5.97 Å². The summed E-state index contributed by atoms with van der Waals surface area (Å²) in [6.45, 7) is 3.88. The molecule has 0 aromatic heterocycles. The van der Waals surface area contributed by atoms with Gasteiger partial charge in [0, 0.05) is 13.0 Å². The van der Waals surface area contributed by atoms with Crippen LogP contribution in [0.25, 0.3) is 0 Å². The number of alkyl halides is 1. The van der Waals surface area contributed by atoms with Gasteiger partial charge in [0.15, 0.2) is 0 Å². The van der Waals surface area contributed by atoms with Gasteiger partial charge in [-0.15, -0.1) is 0 Å². The number of amides is 1. The van der Waals surface area contributed by atoms with Gasteiger partial charge in [-0.1, -0.05) is 20.3 Å². The summed E-state index contributed by atoms with van der Waals surface area (Å²) < 4.78 is 13.2. The molecule has 1 amide bonds. The van der Waals surface area contributed by atoms with Crippen LogP contribution in [0.4, 0.5) is 4.39 Å². The van der Waals surface area contributed by atoms with E-state index in [1.165, 1.54) is 4.90 Å². The zero-order valence-corrected chi connectivity index (χ0v) is 10.6. The number of nitrogens with zero attached hydrogens (tertiary/aromatic N) is 1. The summed E-state index contributed by atoms with van der Waals surface area (Å²) in [5, 5.41) is 8.65. The van der Waals surface area contributed by atoms with E-state index in [1.54, 1.807) is 0 Å². The summed E-state index contributed by atoms with van der Waals surface area (Å²) in [5.74, 6) is -1.30. The molecule has 0 fully saturated rings. The van der Waals surface area contributed by atoms with Gasteiger partial charge in [-0.25, -0.2) is 4.39 Å². The molecule has 1 unspecified atom stereocenters. The van der Waals surface area contributed by atoms with Crippen LogP contribution in [0.5, 0.6) is 0 Å². The molecule has 0 bridgehead atoms. The van der Waals surface area contributed by atoms with Gasteiger partial charge in [-0.05, 0) is 19.3 Å². The Balaban J connectivity index is 4.08. The molecule has 0 rings (SSSR count). The molecule has 0 aliphatic heterocycles. The van der Waals surface area contributed by atoms with Gasteiger partial charge in [0.05, 0.1) is 0 Å². The molecular formula is C12H22FNO3. The van der Waals surface area contributed by atoms with E-state index in [2.05, 4.69) is 0 Å². The highest BCUT2D eigenvalue weighted by Crippen LogP contribution is 2.10. The zero-order chi connectivity index (χ0) is 13.3. The van der Waals surface area contributed by atoms with Crippen molar-refractivity contribution in [3.63, 3.8) is 0 Å². The van der Waals surface area contributed by atoms with Gasteiger partial charge in [-0.2, -0.15) is 0 Å². The number of carbonyl (C=O) groups is 2. The highest BCUT2D eigenvalue weighted by Gasteiger charge is 2.17. The Bertz CT molecular complexity index is 246. The zero-order valence-electron chi connectivity index (χ0n) is 10.6. The van der Waals surface area contributed by atoms with Gasteiger partial charge in [0.1, 0.15) is 12.7 Å². The quantitative estimate of drug-likeness (QED) is 0.679. The number of carboxylic acid groups (broad SMARTS) is 1. The summed E-state index contributed by atoms with van der Waals surface area (Å²) in [7, 11) is 0. The fourth-order valence-corrected chi connectivity index (χ4v) is 1.62. The molecule has 4 nitrogen and oxygen atoms in total. The molecule has 100 valence electrons. The second-order valence-corrected chi connectivity index (χ2v) is 4.13. The molecule has 0 aliphatic rings. The summed E-state index contributed by atoms with van der Waals surface area (Å²) in [6, 6.07) is 0. The van der Waals surface area contributed by atoms with E-state index in [-0.39, 0.29) is 25.3 Å². The minimum atomic E-state index is -1.03. The summed E-state index contributed by atoms with van der Waals surface area (Å²) >= 11 is 0. The highest BCUT2D eigenvalue weighted by molar-refractivity contribution is 5.81. The first-order chi connectivity index (χ1) is 8.01. The Hall–Kier alpha value is -1.13. The van der Waals surface area contributed by atoms with Crippen molar-refractivity contribution in [1.82, 2.24) is 4.90 Å². The first-order valence-corrected chi connectivity index (χ1v) is 6.14. The molecule has 0 aliphatic carbocycles. The molecule has 0 spiro atoms. The Morgan fingerprint density at radius 2 is 1.88 bits per heavy atom. The lowest BCUT2D eigenvalue weighted by Gasteiger charge is -2.20. The largest absolute Gasteiger partial charge is 0.480 e. The molecule has 0 saturated heterocycles. The van der Waals surface area contributed by atoms with Crippen molar-refractivity contribution in [2.24, 2.45) is 0 Å². The van der Waals surface area contributed by atoms with Crippen LogP contribution in [-0.2, 0) is 9.59 Å². The number of carboxylic acids is 1. The van der Waals surface area contributed by atoms with Crippen LogP contribution in [0.15, 0.2) is 0 Å². The van der Waals surface area contributed by atoms with Crippen LogP contribution in [0.2, 0.25) is 0 Å². The molecule has 0 aromatic rings. The SMILES string of the molecule is CCCC(F)CCC(=O)N(CCC)CC(=O)O. The summed E-state index contributed by atoms with van der Waals surface area (Å²) in [5.41, 5.74) is 0. The normalized spacial score (nSPS) is 12.2. The van der Waals surface area contributed by atoms with Gasteiger partial charge < -0.3 is 10.0 Å². The average Bonchev–Trinajstić information content (AvgIpc) is 2.25. The maximum Gasteiger partial charge on any atom is 0.323 e. The van der Waals surface area contributed by atoms with E-state index in [4.69, 9.17) is 5.11 Å². The Morgan fingerprint density at radius 3 is 2.35 bits per heavy atom. The third-order valence-electron chi connectivity index (χ3n) is 2.45. The van der Waals surface area contributed by atoms with E-state index in [0.29, 0.717) is 19.4 Å². The minimum absolute atomic E-state index is 0.0917. The van der Waals surface area contributed by atoms with Gasteiger partial charge in [0.2, 0.25) is 5.91 Å². The first-order valence-electron chi connectivity index (χ1n) is 6.14. The van der Waals surface area contributed by atoms with Crippen molar-refractivity contribution in [3.05, 3.63) is 0 Å². The molecule has 5 heteroatoms. The third-order valence-corrected chi connectivity index (χ3v) is 2.45. The van der Waals surface area contributed by atoms with Crippen molar-refractivity contribution in [3.8, 4) is 0 Å². The van der Waals surface area contributed by atoms with Crippen molar-refractivity contribution < 1.29 is 19.1 Å². The molecule has 0 heterocycles. The number of hydrogen-bond donors (Lipinski definition) is 1. The van der Waals surface area contributed by atoms with E-state index in [1.807, 2.05) is 13.8 Å². The number of hydrogen-bond acceptors (Lipinski definition) is 2. The standard InChI is InChI=1S/C12H22FNO3/c1-3-5-10(13)6-7-11(15)14(8-4-2)9-12(16)17/h10H,3-9H2,1-2H3,(H,16,17). The fourth-order valence-electron chi connectivity index (χ4n) is 1.62. The van der Waals surface area contributed by atoms with E-state index in [9.17, 15) is 14.0 Å². The molecule has 17 heavy (non-hydrogen) atoms. The summed E-state index contributed by atoms with van der Waals surface area (Å²) in [4.78, 5) is 23.5. The molecule has 1 atom stereocenters. The molecule has 1 N–H and O–H groups in total. The van der Waals surface area contributed by atoms with E-state index < -0.39 is 12.1 Å². The maximum absolute atomic E-state index is 13.2. The van der Waals surface area contributed by atoms with Crippen LogP contribution in [-0.4, -0.2) is 41.1 Å². The second-order valence-electron chi connectivity index (χ2n) is 4.13. The minimum Gasteiger partial charge on any atom is -0.480 e. The maximum atomic E-state index is 13.2. The van der Waals surface area contributed by atoms with Gasteiger partial charge in [0.25, 0.3) is 0 Å². The van der Waals surface area contributed by atoms with Crippen LogP contribution >= 0.6 is 0 Å². The fraction of sp³-hybridized carbons (Fsp3) is 0.833. The second kappa shape index (κ2) is 8.96. The van der Waals surface area contributed by atoms with Crippen molar-refractivity contribution >= 4 is 11.9 Å².